The summed E-state index contributed by atoms with van der Waals surface area (Å²) >= 11 is 12.5. The first-order valence-electron chi connectivity index (χ1n) is 12.8. The Kier molecular flexibility index (Phi) is 10.8. The number of hydrogen-bond acceptors (Lipinski definition) is 4. The number of halogens is 2. The summed E-state index contributed by atoms with van der Waals surface area (Å²) in [6, 6.07) is 19.0. The van der Waals surface area contributed by atoms with E-state index in [0.29, 0.717) is 27.8 Å². The highest BCUT2D eigenvalue weighted by molar-refractivity contribution is 7.92. The molecule has 0 aliphatic carbocycles. The summed E-state index contributed by atoms with van der Waals surface area (Å²) in [6.07, 6.45) is 1.51. The van der Waals surface area contributed by atoms with E-state index in [-0.39, 0.29) is 17.3 Å². The molecular formula is C29H33Cl2N3O4S. The van der Waals surface area contributed by atoms with E-state index < -0.39 is 28.5 Å². The Morgan fingerprint density at radius 1 is 0.949 bits per heavy atom. The molecule has 10 heteroatoms. The number of rotatable bonds is 12. The molecule has 0 aliphatic heterocycles. The first-order valence-corrected chi connectivity index (χ1v) is 15.0. The maximum atomic E-state index is 13.9. The maximum Gasteiger partial charge on any atom is 0.264 e. The molecule has 7 nitrogen and oxygen atoms in total. The zero-order valence-electron chi connectivity index (χ0n) is 22.2. The lowest BCUT2D eigenvalue weighted by atomic mass is 10.1. The van der Waals surface area contributed by atoms with Crippen molar-refractivity contribution in [2.24, 2.45) is 0 Å². The molecule has 3 aromatic rings. The van der Waals surface area contributed by atoms with Crippen LogP contribution in [0.25, 0.3) is 0 Å². The van der Waals surface area contributed by atoms with Crippen molar-refractivity contribution in [3.8, 4) is 0 Å². The van der Waals surface area contributed by atoms with Crippen LogP contribution in [0.3, 0.4) is 0 Å². The highest BCUT2D eigenvalue weighted by Gasteiger charge is 2.32. The maximum absolute atomic E-state index is 13.9. The number of aryl methyl sites for hydroxylation is 1. The van der Waals surface area contributed by atoms with Crippen molar-refractivity contribution in [1.82, 2.24) is 10.2 Å². The molecule has 0 bridgehead atoms. The van der Waals surface area contributed by atoms with Crippen molar-refractivity contribution in [3.05, 3.63) is 94.0 Å². The van der Waals surface area contributed by atoms with Crippen LogP contribution in [0.15, 0.2) is 77.7 Å². The molecule has 0 aliphatic rings. The van der Waals surface area contributed by atoms with Gasteiger partial charge in [0.1, 0.15) is 12.6 Å². The van der Waals surface area contributed by atoms with E-state index in [2.05, 4.69) is 5.32 Å². The Labute approximate surface area is 240 Å². The van der Waals surface area contributed by atoms with Gasteiger partial charge in [0.05, 0.1) is 10.6 Å². The molecule has 0 radical (unpaired) electrons. The molecule has 2 amide bonds. The monoisotopic (exact) mass is 589 g/mol. The molecule has 0 saturated heterocycles. The van der Waals surface area contributed by atoms with Crippen LogP contribution < -0.4 is 9.62 Å². The predicted molar refractivity (Wildman–Crippen MR) is 157 cm³/mol. The minimum absolute atomic E-state index is 0.0104. The van der Waals surface area contributed by atoms with Gasteiger partial charge in [0, 0.05) is 23.1 Å². The van der Waals surface area contributed by atoms with Crippen LogP contribution in [0.2, 0.25) is 10.0 Å². The SMILES string of the molecule is CCCNC(=O)[C@H](C)N(Cc1ccc(Cl)cc1Cl)C(=O)CN(c1ccc(CC)cc1)S(=O)(=O)c1ccccc1. The van der Waals surface area contributed by atoms with Gasteiger partial charge in [-0.2, -0.15) is 0 Å². The van der Waals surface area contributed by atoms with Gasteiger partial charge in [-0.05, 0) is 67.3 Å². The minimum atomic E-state index is -4.11. The molecule has 208 valence electrons. The number of nitrogens with zero attached hydrogens (tertiary/aromatic N) is 2. The summed E-state index contributed by atoms with van der Waals surface area (Å²) < 4.78 is 28.6. The highest BCUT2D eigenvalue weighted by Crippen LogP contribution is 2.27. The van der Waals surface area contributed by atoms with Crippen molar-refractivity contribution >= 4 is 50.7 Å². The van der Waals surface area contributed by atoms with E-state index in [0.717, 1.165) is 22.7 Å². The molecule has 0 saturated carbocycles. The van der Waals surface area contributed by atoms with Gasteiger partial charge in [-0.3, -0.25) is 13.9 Å². The average Bonchev–Trinajstić information content (AvgIpc) is 2.94. The summed E-state index contributed by atoms with van der Waals surface area (Å²) in [5.41, 5.74) is 1.95. The summed E-state index contributed by atoms with van der Waals surface area (Å²) in [4.78, 5) is 28.2. The molecule has 3 rings (SSSR count). The van der Waals surface area contributed by atoms with Crippen LogP contribution in [0.5, 0.6) is 0 Å². The zero-order chi connectivity index (χ0) is 28.6. The summed E-state index contributed by atoms with van der Waals surface area (Å²) in [5.74, 6) is -0.903. The predicted octanol–water partition coefficient (Wildman–Crippen LogP) is 5.69. The summed E-state index contributed by atoms with van der Waals surface area (Å²) in [7, 11) is -4.11. The number of benzene rings is 3. The van der Waals surface area contributed by atoms with Crippen LogP contribution in [-0.4, -0.2) is 44.3 Å². The van der Waals surface area contributed by atoms with Crippen LogP contribution in [0.4, 0.5) is 5.69 Å². The lowest BCUT2D eigenvalue weighted by Gasteiger charge is -2.32. The lowest BCUT2D eigenvalue weighted by Crippen LogP contribution is -2.51. The Hall–Kier alpha value is -3.07. The second kappa shape index (κ2) is 13.8. The number of nitrogens with one attached hydrogen (secondary N) is 1. The Bertz CT molecular complexity index is 1380. The highest BCUT2D eigenvalue weighted by atomic mass is 35.5. The zero-order valence-corrected chi connectivity index (χ0v) is 24.6. The minimum Gasteiger partial charge on any atom is -0.354 e. The molecule has 0 unspecified atom stereocenters. The number of amides is 2. The third-order valence-corrected chi connectivity index (χ3v) is 8.69. The fraction of sp³-hybridized carbons (Fsp3) is 0.310. The Balaban J connectivity index is 2.03. The van der Waals surface area contributed by atoms with Crippen LogP contribution >= 0.6 is 23.2 Å². The molecule has 0 heterocycles. The van der Waals surface area contributed by atoms with Gasteiger partial charge < -0.3 is 10.2 Å². The Morgan fingerprint density at radius 2 is 1.62 bits per heavy atom. The summed E-state index contributed by atoms with van der Waals surface area (Å²) in [5, 5.41) is 3.59. The van der Waals surface area contributed by atoms with E-state index in [1.165, 1.54) is 17.0 Å². The first-order chi connectivity index (χ1) is 18.6. The molecule has 1 N–H and O–H groups in total. The lowest BCUT2D eigenvalue weighted by molar-refractivity contribution is -0.139. The second-order valence-electron chi connectivity index (χ2n) is 9.07. The summed E-state index contributed by atoms with van der Waals surface area (Å²) in [6.45, 7) is 5.46. The van der Waals surface area contributed by atoms with Gasteiger partial charge in [-0.1, -0.05) is 73.4 Å². The van der Waals surface area contributed by atoms with Gasteiger partial charge in [-0.25, -0.2) is 8.42 Å². The van der Waals surface area contributed by atoms with Crippen LogP contribution in [-0.2, 0) is 32.6 Å². The molecule has 0 spiro atoms. The third kappa shape index (κ3) is 7.75. The van der Waals surface area contributed by atoms with E-state index in [1.807, 2.05) is 26.0 Å². The first kappa shape index (κ1) is 30.5. The fourth-order valence-corrected chi connectivity index (χ4v) is 5.86. The van der Waals surface area contributed by atoms with Crippen molar-refractivity contribution in [3.63, 3.8) is 0 Å². The third-order valence-electron chi connectivity index (χ3n) is 6.31. The van der Waals surface area contributed by atoms with Crippen LogP contribution in [0, 0.1) is 0 Å². The number of carbonyl (C=O) groups excluding carboxylic acids is 2. The van der Waals surface area contributed by atoms with E-state index in [9.17, 15) is 18.0 Å². The van der Waals surface area contributed by atoms with Gasteiger partial charge in [-0.15, -0.1) is 0 Å². The quantitative estimate of drug-likeness (QED) is 0.294. The molecule has 3 aromatic carbocycles. The Morgan fingerprint density at radius 3 is 2.21 bits per heavy atom. The molecule has 39 heavy (non-hydrogen) atoms. The van der Waals surface area contributed by atoms with E-state index in [4.69, 9.17) is 23.2 Å². The number of anilines is 1. The van der Waals surface area contributed by atoms with Crippen molar-refractivity contribution in [1.29, 1.82) is 0 Å². The largest absolute Gasteiger partial charge is 0.354 e. The van der Waals surface area contributed by atoms with Gasteiger partial charge >= 0.3 is 0 Å². The van der Waals surface area contributed by atoms with Crippen LogP contribution in [0.1, 0.15) is 38.3 Å². The topological polar surface area (TPSA) is 86.8 Å². The van der Waals surface area contributed by atoms with Gasteiger partial charge in [0.2, 0.25) is 11.8 Å². The standard InChI is InChI=1S/C29H33Cl2N3O4S/c1-4-17-32-29(36)21(3)33(19-23-13-14-24(30)18-27(23)31)28(35)20-34(25-15-11-22(5-2)12-16-25)39(37,38)26-9-7-6-8-10-26/h6-16,18,21H,4-5,17,19-20H2,1-3H3,(H,32,36)/t21-/m0/s1. The second-order valence-corrected chi connectivity index (χ2v) is 11.8. The molecule has 0 aromatic heterocycles. The smallest absolute Gasteiger partial charge is 0.264 e. The molecule has 0 fully saturated rings. The van der Waals surface area contributed by atoms with E-state index >= 15 is 0 Å². The molecular weight excluding hydrogens is 557 g/mol. The van der Waals surface area contributed by atoms with E-state index in [1.54, 1.807) is 55.5 Å². The van der Waals surface area contributed by atoms with Gasteiger partial charge in [0.25, 0.3) is 10.0 Å². The number of sulfonamides is 1. The van der Waals surface area contributed by atoms with Crippen molar-refractivity contribution in [2.45, 2.75) is 51.1 Å². The van der Waals surface area contributed by atoms with Crippen molar-refractivity contribution < 1.29 is 18.0 Å². The van der Waals surface area contributed by atoms with Crippen molar-refractivity contribution in [2.75, 3.05) is 17.4 Å². The fourth-order valence-electron chi connectivity index (χ4n) is 3.96. The average molecular weight is 591 g/mol. The number of carbonyl (C=O) groups is 2. The van der Waals surface area contributed by atoms with Gasteiger partial charge in [0.15, 0.2) is 0 Å². The normalized spacial score (nSPS) is 12.0. The molecule has 1 atom stereocenters. The number of hydrogen-bond donors (Lipinski definition) is 1.